The number of aliphatic imine (C=N–C) groups is 1. The lowest BCUT2D eigenvalue weighted by molar-refractivity contribution is 0.00989. The third-order valence-electron chi connectivity index (χ3n) is 4.73. The zero-order chi connectivity index (χ0) is 19.5. The Morgan fingerprint density at radius 3 is 2.50 bits per heavy atom. The van der Waals surface area contributed by atoms with E-state index in [0.717, 1.165) is 68.6 Å². The van der Waals surface area contributed by atoms with Gasteiger partial charge in [-0.05, 0) is 31.4 Å². The quantitative estimate of drug-likeness (QED) is 0.240. The molecule has 1 aromatic carbocycles. The Morgan fingerprint density at radius 1 is 1.14 bits per heavy atom. The minimum atomic E-state index is 0. The van der Waals surface area contributed by atoms with Crippen LogP contribution < -0.4 is 14.8 Å². The second kappa shape index (κ2) is 13.8. The molecule has 1 heterocycles. The second-order valence-corrected chi connectivity index (χ2v) is 6.48. The fourth-order valence-electron chi connectivity index (χ4n) is 3.19. The lowest BCUT2D eigenvalue weighted by Crippen LogP contribution is -2.46. The van der Waals surface area contributed by atoms with Gasteiger partial charge >= 0.3 is 0 Å². The molecule has 0 aromatic heterocycles. The third kappa shape index (κ3) is 7.63. The number of ether oxygens (including phenoxy) is 4. The Kier molecular flexibility index (Phi) is 12.2. The summed E-state index contributed by atoms with van der Waals surface area (Å²) in [5, 5.41) is 3.44. The fourth-order valence-corrected chi connectivity index (χ4v) is 3.19. The first kappa shape index (κ1) is 24.8. The van der Waals surface area contributed by atoms with Crippen molar-refractivity contribution in [2.24, 2.45) is 4.99 Å². The summed E-state index contributed by atoms with van der Waals surface area (Å²) in [7, 11) is 6.86. The Bertz CT molecular complexity index is 593. The first-order valence-corrected chi connectivity index (χ1v) is 9.48. The van der Waals surface area contributed by atoms with Gasteiger partial charge in [-0.2, -0.15) is 0 Å². The summed E-state index contributed by atoms with van der Waals surface area (Å²) in [5.41, 5.74) is 1.07. The number of piperidine rings is 1. The predicted molar refractivity (Wildman–Crippen MR) is 122 cm³/mol. The maximum atomic E-state index is 5.93. The monoisotopic (exact) mass is 507 g/mol. The lowest BCUT2D eigenvalue weighted by Gasteiger charge is -2.34. The summed E-state index contributed by atoms with van der Waals surface area (Å²) in [6.45, 7) is 4.04. The number of likely N-dealkylation sites (tertiary alicyclic amines) is 1. The van der Waals surface area contributed by atoms with Crippen molar-refractivity contribution in [3.8, 4) is 11.5 Å². The normalized spacial score (nSPS) is 15.1. The standard InChI is InChI=1S/C20H33N3O4.HI/c1-21-20(22-15-16-6-7-18(25-3)14-19(16)26-4)23-10-8-17(9-11-23)27-13-5-12-24-2;/h6-7,14,17H,5,8-13,15H2,1-4H3,(H,21,22);1H. The van der Waals surface area contributed by atoms with E-state index in [2.05, 4.69) is 15.2 Å². The number of nitrogens with zero attached hydrogens (tertiary/aromatic N) is 2. The molecule has 0 amide bonds. The number of hydrogen-bond donors (Lipinski definition) is 1. The highest BCUT2D eigenvalue weighted by atomic mass is 127. The Hall–Kier alpha value is -1.26. The molecule has 1 fully saturated rings. The molecule has 7 nitrogen and oxygen atoms in total. The van der Waals surface area contributed by atoms with Crippen LogP contribution in [0, 0.1) is 0 Å². The third-order valence-corrected chi connectivity index (χ3v) is 4.73. The van der Waals surface area contributed by atoms with Gasteiger partial charge in [-0.25, -0.2) is 0 Å². The molecular weight excluding hydrogens is 473 g/mol. The smallest absolute Gasteiger partial charge is 0.193 e. The molecule has 2 rings (SSSR count). The van der Waals surface area contributed by atoms with Gasteiger partial charge in [-0.3, -0.25) is 4.99 Å². The van der Waals surface area contributed by atoms with Crippen molar-refractivity contribution in [1.29, 1.82) is 0 Å². The van der Waals surface area contributed by atoms with Crippen molar-refractivity contribution in [3.05, 3.63) is 23.8 Å². The van der Waals surface area contributed by atoms with E-state index >= 15 is 0 Å². The number of halogens is 1. The summed E-state index contributed by atoms with van der Waals surface area (Å²) >= 11 is 0. The van der Waals surface area contributed by atoms with Crippen LogP contribution in [-0.4, -0.2) is 71.6 Å². The number of guanidine groups is 1. The molecule has 1 aliphatic heterocycles. The maximum absolute atomic E-state index is 5.93. The molecule has 28 heavy (non-hydrogen) atoms. The van der Waals surface area contributed by atoms with Gasteiger partial charge in [0.2, 0.25) is 0 Å². The molecule has 0 bridgehead atoms. The molecular formula is C20H34IN3O4. The minimum Gasteiger partial charge on any atom is -0.497 e. The molecule has 1 N–H and O–H groups in total. The van der Waals surface area contributed by atoms with Crippen molar-refractivity contribution in [1.82, 2.24) is 10.2 Å². The van der Waals surface area contributed by atoms with E-state index in [1.807, 2.05) is 25.2 Å². The molecule has 0 unspecified atom stereocenters. The Labute approximate surface area is 185 Å². The van der Waals surface area contributed by atoms with Crippen LogP contribution in [-0.2, 0) is 16.0 Å². The number of methoxy groups -OCH3 is 3. The number of rotatable bonds is 9. The second-order valence-electron chi connectivity index (χ2n) is 6.48. The zero-order valence-corrected chi connectivity index (χ0v) is 19.7. The summed E-state index contributed by atoms with van der Waals surface area (Å²) in [6, 6.07) is 5.85. The highest BCUT2D eigenvalue weighted by molar-refractivity contribution is 14.0. The summed E-state index contributed by atoms with van der Waals surface area (Å²) in [5.74, 6) is 2.50. The van der Waals surface area contributed by atoms with E-state index in [1.54, 1.807) is 21.3 Å². The van der Waals surface area contributed by atoms with Crippen LogP contribution in [0.2, 0.25) is 0 Å². The van der Waals surface area contributed by atoms with Crippen LogP contribution in [0.4, 0.5) is 0 Å². The predicted octanol–water partition coefficient (Wildman–Crippen LogP) is 2.91. The van der Waals surface area contributed by atoms with Crippen molar-refractivity contribution in [2.45, 2.75) is 31.9 Å². The average molecular weight is 507 g/mol. The number of benzene rings is 1. The van der Waals surface area contributed by atoms with Crippen molar-refractivity contribution in [3.63, 3.8) is 0 Å². The number of hydrogen-bond acceptors (Lipinski definition) is 5. The molecule has 160 valence electrons. The lowest BCUT2D eigenvalue weighted by atomic mass is 10.1. The summed E-state index contributed by atoms with van der Waals surface area (Å²) in [6.07, 6.45) is 3.31. The van der Waals surface area contributed by atoms with Crippen LogP contribution in [0.3, 0.4) is 0 Å². The first-order valence-electron chi connectivity index (χ1n) is 9.48. The minimum absolute atomic E-state index is 0. The van der Waals surface area contributed by atoms with Gasteiger partial charge < -0.3 is 29.2 Å². The van der Waals surface area contributed by atoms with Gasteiger partial charge in [0, 0.05) is 58.6 Å². The van der Waals surface area contributed by atoms with Gasteiger partial charge in [-0.1, -0.05) is 0 Å². The highest BCUT2D eigenvalue weighted by Gasteiger charge is 2.22. The van der Waals surface area contributed by atoms with Crippen LogP contribution in [0.1, 0.15) is 24.8 Å². The van der Waals surface area contributed by atoms with Crippen molar-refractivity contribution < 1.29 is 18.9 Å². The van der Waals surface area contributed by atoms with Crippen molar-refractivity contribution in [2.75, 3.05) is 54.7 Å². The van der Waals surface area contributed by atoms with Gasteiger partial charge in [-0.15, -0.1) is 24.0 Å². The number of nitrogens with one attached hydrogen (secondary N) is 1. The SMILES string of the molecule is CN=C(NCc1ccc(OC)cc1OC)N1CCC(OCCCOC)CC1.I. The van der Waals surface area contributed by atoms with E-state index in [9.17, 15) is 0 Å². The van der Waals surface area contributed by atoms with Gasteiger partial charge in [0.05, 0.1) is 20.3 Å². The Morgan fingerprint density at radius 2 is 1.89 bits per heavy atom. The highest BCUT2D eigenvalue weighted by Crippen LogP contribution is 2.24. The van der Waals surface area contributed by atoms with Crippen LogP contribution in [0.25, 0.3) is 0 Å². The Balaban J connectivity index is 0.00000392. The fraction of sp³-hybridized carbons (Fsp3) is 0.650. The van der Waals surface area contributed by atoms with Crippen LogP contribution in [0.15, 0.2) is 23.2 Å². The molecule has 0 spiro atoms. The van der Waals surface area contributed by atoms with Crippen LogP contribution in [0.5, 0.6) is 11.5 Å². The van der Waals surface area contributed by atoms with Gasteiger partial charge in [0.25, 0.3) is 0 Å². The average Bonchev–Trinajstić information content (AvgIpc) is 2.72. The largest absolute Gasteiger partial charge is 0.497 e. The van der Waals surface area contributed by atoms with Crippen molar-refractivity contribution >= 4 is 29.9 Å². The molecule has 1 saturated heterocycles. The van der Waals surface area contributed by atoms with E-state index in [1.165, 1.54) is 0 Å². The molecule has 0 aliphatic carbocycles. The molecule has 1 aliphatic rings. The summed E-state index contributed by atoms with van der Waals surface area (Å²) in [4.78, 5) is 6.72. The molecule has 8 heteroatoms. The van der Waals surface area contributed by atoms with Gasteiger partial charge in [0.1, 0.15) is 11.5 Å². The molecule has 0 saturated carbocycles. The first-order chi connectivity index (χ1) is 13.2. The van der Waals surface area contributed by atoms with E-state index in [0.29, 0.717) is 12.6 Å². The topological polar surface area (TPSA) is 64.6 Å². The maximum Gasteiger partial charge on any atom is 0.193 e. The van der Waals surface area contributed by atoms with E-state index in [-0.39, 0.29) is 24.0 Å². The summed E-state index contributed by atoms with van der Waals surface area (Å²) < 4.78 is 21.7. The van der Waals surface area contributed by atoms with Gasteiger partial charge in [0.15, 0.2) is 5.96 Å². The zero-order valence-electron chi connectivity index (χ0n) is 17.4. The van der Waals surface area contributed by atoms with E-state index < -0.39 is 0 Å². The van der Waals surface area contributed by atoms with Crippen LogP contribution >= 0.6 is 24.0 Å². The molecule has 1 aromatic rings. The molecule has 0 radical (unpaired) electrons. The molecule has 0 atom stereocenters. The van der Waals surface area contributed by atoms with E-state index in [4.69, 9.17) is 18.9 Å².